The maximum absolute atomic E-state index is 6.25. The molecule has 1 heterocycles. The van der Waals surface area contributed by atoms with Crippen LogP contribution in [0.3, 0.4) is 0 Å². The van der Waals surface area contributed by atoms with Crippen LogP contribution >= 0.6 is 35.0 Å². The molecule has 0 saturated carbocycles. The monoisotopic (exact) mass is 426 g/mol. The number of benzene rings is 3. The van der Waals surface area contributed by atoms with Crippen molar-refractivity contribution in [2.24, 2.45) is 0 Å². The summed E-state index contributed by atoms with van der Waals surface area (Å²) < 4.78 is 6.01. The van der Waals surface area contributed by atoms with Gasteiger partial charge in [0.05, 0.1) is 5.92 Å². The van der Waals surface area contributed by atoms with Crippen LogP contribution in [0.15, 0.2) is 88.5 Å². The maximum Gasteiger partial charge on any atom is 0.276 e. The molecule has 1 aromatic heterocycles. The second-order valence-corrected chi connectivity index (χ2v) is 7.96. The molecule has 28 heavy (non-hydrogen) atoms. The summed E-state index contributed by atoms with van der Waals surface area (Å²) in [4.78, 5) is 0. The molecule has 0 fully saturated rings. The highest BCUT2D eigenvalue weighted by molar-refractivity contribution is 7.98. The van der Waals surface area contributed by atoms with Gasteiger partial charge < -0.3 is 4.42 Å². The highest BCUT2D eigenvalue weighted by atomic mass is 35.5. The van der Waals surface area contributed by atoms with Crippen molar-refractivity contribution in [3.63, 3.8) is 0 Å². The molecular weight excluding hydrogens is 411 g/mol. The minimum absolute atomic E-state index is 0.108. The van der Waals surface area contributed by atoms with Crippen LogP contribution in [0.5, 0.6) is 0 Å². The predicted octanol–water partition coefficient (Wildman–Crippen LogP) is 6.85. The van der Waals surface area contributed by atoms with E-state index in [0.29, 0.717) is 26.9 Å². The molecule has 0 saturated heterocycles. The van der Waals surface area contributed by atoms with Gasteiger partial charge in [0.1, 0.15) is 0 Å². The van der Waals surface area contributed by atoms with Crippen LogP contribution in [0.2, 0.25) is 10.0 Å². The average molecular weight is 427 g/mol. The lowest BCUT2D eigenvalue weighted by Gasteiger charge is -2.13. The largest absolute Gasteiger partial charge is 0.415 e. The van der Waals surface area contributed by atoms with E-state index in [4.69, 9.17) is 27.6 Å². The highest BCUT2D eigenvalue weighted by Crippen LogP contribution is 2.33. The highest BCUT2D eigenvalue weighted by Gasteiger charge is 2.23. The second kappa shape index (κ2) is 8.82. The second-order valence-electron chi connectivity index (χ2n) is 6.18. The molecule has 0 aliphatic heterocycles. The summed E-state index contributed by atoms with van der Waals surface area (Å²) >= 11 is 13.7. The fourth-order valence-electron chi connectivity index (χ4n) is 2.94. The third-order valence-electron chi connectivity index (χ3n) is 4.30. The van der Waals surface area contributed by atoms with E-state index in [-0.39, 0.29) is 5.92 Å². The topological polar surface area (TPSA) is 38.9 Å². The van der Waals surface area contributed by atoms with Crippen LogP contribution in [-0.4, -0.2) is 10.2 Å². The van der Waals surface area contributed by atoms with Gasteiger partial charge in [-0.05, 0) is 28.8 Å². The fourth-order valence-corrected chi connectivity index (χ4v) is 4.27. The zero-order valence-corrected chi connectivity index (χ0v) is 17.1. The molecule has 0 amide bonds. The molecule has 6 heteroatoms. The average Bonchev–Trinajstić information content (AvgIpc) is 3.18. The Morgan fingerprint density at radius 2 is 1.46 bits per heavy atom. The third kappa shape index (κ3) is 4.41. The minimum Gasteiger partial charge on any atom is -0.415 e. The fraction of sp³-hybridized carbons (Fsp3) is 0.0909. The van der Waals surface area contributed by atoms with Gasteiger partial charge in [0.25, 0.3) is 5.22 Å². The lowest BCUT2D eigenvalue weighted by molar-refractivity contribution is 0.409. The van der Waals surface area contributed by atoms with Gasteiger partial charge in [0.2, 0.25) is 5.89 Å². The van der Waals surface area contributed by atoms with Crippen molar-refractivity contribution >= 4 is 35.0 Å². The van der Waals surface area contributed by atoms with Gasteiger partial charge in [-0.1, -0.05) is 102 Å². The molecule has 4 rings (SSSR count). The Morgan fingerprint density at radius 3 is 2.07 bits per heavy atom. The van der Waals surface area contributed by atoms with Crippen molar-refractivity contribution < 1.29 is 4.42 Å². The summed E-state index contributed by atoms with van der Waals surface area (Å²) in [6.45, 7) is 0. The Bertz CT molecular complexity index is 1020. The smallest absolute Gasteiger partial charge is 0.276 e. The first-order valence-electron chi connectivity index (χ1n) is 8.71. The standard InChI is InChI=1S/C22H16Cl2N2OS/c23-18-12-11-17(19(24)13-18)14-28-22-26-25-21(27-22)20(15-7-3-1-4-8-15)16-9-5-2-6-10-16/h1-13,20H,14H2. The van der Waals surface area contributed by atoms with Gasteiger partial charge >= 0.3 is 0 Å². The van der Waals surface area contributed by atoms with Gasteiger partial charge in [-0.15, -0.1) is 10.2 Å². The summed E-state index contributed by atoms with van der Waals surface area (Å²) in [5.74, 6) is 1.09. The molecule has 0 bridgehead atoms. The Kier molecular flexibility index (Phi) is 6.01. The number of thioether (sulfide) groups is 1. The van der Waals surface area contributed by atoms with Gasteiger partial charge in [-0.2, -0.15) is 0 Å². The first-order chi connectivity index (χ1) is 13.7. The van der Waals surface area contributed by atoms with Crippen molar-refractivity contribution in [1.82, 2.24) is 10.2 Å². The molecule has 0 N–H and O–H groups in total. The summed E-state index contributed by atoms with van der Waals surface area (Å²) in [5.41, 5.74) is 3.18. The minimum atomic E-state index is -0.108. The van der Waals surface area contributed by atoms with Crippen molar-refractivity contribution in [3.05, 3.63) is 111 Å². The van der Waals surface area contributed by atoms with Crippen molar-refractivity contribution in [3.8, 4) is 0 Å². The van der Waals surface area contributed by atoms with E-state index >= 15 is 0 Å². The zero-order valence-electron chi connectivity index (χ0n) is 14.8. The van der Waals surface area contributed by atoms with E-state index in [0.717, 1.165) is 16.7 Å². The molecule has 0 radical (unpaired) electrons. The van der Waals surface area contributed by atoms with Gasteiger partial charge in [-0.3, -0.25) is 0 Å². The van der Waals surface area contributed by atoms with E-state index in [1.165, 1.54) is 11.8 Å². The number of aromatic nitrogens is 2. The molecule has 0 atom stereocenters. The summed E-state index contributed by atoms with van der Waals surface area (Å²) in [6.07, 6.45) is 0. The zero-order chi connectivity index (χ0) is 19.3. The van der Waals surface area contributed by atoms with Crippen LogP contribution in [-0.2, 0) is 5.75 Å². The van der Waals surface area contributed by atoms with E-state index in [2.05, 4.69) is 34.5 Å². The van der Waals surface area contributed by atoms with E-state index in [1.807, 2.05) is 48.5 Å². The number of hydrogen-bond acceptors (Lipinski definition) is 4. The van der Waals surface area contributed by atoms with E-state index in [9.17, 15) is 0 Å². The molecule has 0 aliphatic carbocycles. The quantitative estimate of drug-likeness (QED) is 0.316. The van der Waals surface area contributed by atoms with Gasteiger partial charge in [0.15, 0.2) is 0 Å². The van der Waals surface area contributed by atoms with Crippen molar-refractivity contribution in [1.29, 1.82) is 0 Å². The Balaban J connectivity index is 1.58. The van der Waals surface area contributed by atoms with Gasteiger partial charge in [-0.25, -0.2) is 0 Å². The summed E-state index contributed by atoms with van der Waals surface area (Å²) in [7, 11) is 0. The number of halogens is 2. The molecule has 4 aromatic rings. The van der Waals surface area contributed by atoms with E-state index in [1.54, 1.807) is 6.07 Å². The first-order valence-corrected chi connectivity index (χ1v) is 10.4. The first kappa shape index (κ1) is 19.1. The van der Waals surface area contributed by atoms with Crippen LogP contribution in [0.4, 0.5) is 0 Å². The lowest BCUT2D eigenvalue weighted by Crippen LogP contribution is -2.03. The third-order valence-corrected chi connectivity index (χ3v) is 5.76. The summed E-state index contributed by atoms with van der Waals surface area (Å²) in [6, 6.07) is 25.8. The van der Waals surface area contributed by atoms with Gasteiger partial charge in [0, 0.05) is 15.8 Å². The molecule has 0 aliphatic rings. The SMILES string of the molecule is Clc1ccc(CSc2nnc(C(c3ccccc3)c3ccccc3)o2)c(Cl)c1. The Hall–Kier alpha value is -2.27. The molecule has 0 unspecified atom stereocenters. The molecule has 3 nitrogen and oxygen atoms in total. The Morgan fingerprint density at radius 1 is 0.821 bits per heavy atom. The Labute approximate surface area is 177 Å². The van der Waals surface area contributed by atoms with Crippen LogP contribution in [0, 0.1) is 0 Å². The number of rotatable bonds is 6. The normalized spacial score (nSPS) is 11.1. The summed E-state index contributed by atoms with van der Waals surface area (Å²) in [5, 5.41) is 10.3. The van der Waals surface area contributed by atoms with Crippen molar-refractivity contribution in [2.75, 3.05) is 0 Å². The predicted molar refractivity (Wildman–Crippen MR) is 114 cm³/mol. The van der Waals surface area contributed by atoms with Crippen molar-refractivity contribution in [2.45, 2.75) is 16.9 Å². The van der Waals surface area contributed by atoms with Crippen LogP contribution in [0.25, 0.3) is 0 Å². The molecular formula is C22H16Cl2N2OS. The molecule has 140 valence electrons. The molecule has 0 spiro atoms. The maximum atomic E-state index is 6.25. The van der Waals surface area contributed by atoms with E-state index < -0.39 is 0 Å². The van der Waals surface area contributed by atoms with Crippen LogP contribution in [0.1, 0.15) is 28.5 Å². The number of hydrogen-bond donors (Lipinski definition) is 0. The van der Waals surface area contributed by atoms with Crippen LogP contribution < -0.4 is 0 Å². The lowest BCUT2D eigenvalue weighted by atomic mass is 9.91. The number of nitrogens with zero attached hydrogens (tertiary/aromatic N) is 2. The molecule has 3 aromatic carbocycles.